The lowest BCUT2D eigenvalue weighted by Gasteiger charge is -2.15. The number of carbonyl (C=O) groups is 2. The first kappa shape index (κ1) is 15.5. The Morgan fingerprint density at radius 3 is 2.71 bits per heavy atom. The number of carboxylic acids is 1. The summed E-state index contributed by atoms with van der Waals surface area (Å²) in [5.41, 5.74) is 1.06. The van der Waals surface area contributed by atoms with Crippen molar-refractivity contribution in [1.29, 1.82) is 0 Å². The van der Waals surface area contributed by atoms with Gasteiger partial charge in [-0.05, 0) is 30.7 Å². The maximum absolute atomic E-state index is 12.2. The van der Waals surface area contributed by atoms with Gasteiger partial charge in [0.2, 0.25) is 5.91 Å². The topological polar surface area (TPSA) is 84.2 Å². The average molecular weight is 293 g/mol. The number of aryl methyl sites for hydroxylation is 1. The van der Waals surface area contributed by atoms with Crippen molar-refractivity contribution in [2.24, 2.45) is 24.8 Å². The van der Waals surface area contributed by atoms with E-state index in [2.05, 4.69) is 10.4 Å². The molecular weight excluding hydrogens is 270 g/mol. The van der Waals surface area contributed by atoms with Crippen LogP contribution in [0.15, 0.2) is 12.4 Å². The van der Waals surface area contributed by atoms with Gasteiger partial charge in [-0.1, -0.05) is 13.3 Å². The second-order valence-electron chi connectivity index (χ2n) is 5.86. The lowest BCUT2D eigenvalue weighted by Crippen LogP contribution is -2.36. The quantitative estimate of drug-likeness (QED) is 0.826. The molecule has 1 saturated carbocycles. The molecule has 0 aliphatic heterocycles. The molecule has 1 aliphatic carbocycles. The van der Waals surface area contributed by atoms with E-state index in [1.165, 1.54) is 0 Å². The van der Waals surface area contributed by atoms with Gasteiger partial charge < -0.3 is 10.4 Å². The number of hydrogen-bond acceptors (Lipinski definition) is 3. The number of amides is 1. The summed E-state index contributed by atoms with van der Waals surface area (Å²) in [6, 6.07) is 0. The largest absolute Gasteiger partial charge is 0.481 e. The van der Waals surface area contributed by atoms with E-state index in [1.54, 1.807) is 10.9 Å². The standard InChI is InChI=1S/C15H23N3O3/c1-3-10-6-12(13(7-10)15(20)21)14(19)16-5-4-11-8-17-18(2)9-11/h8-10,12-13H,3-7H2,1-2H3,(H,16,19)(H,20,21)/t10?,12-,13+/m0/s1. The normalized spacial score (nSPS) is 25.0. The Morgan fingerprint density at radius 2 is 2.14 bits per heavy atom. The maximum Gasteiger partial charge on any atom is 0.307 e. The fourth-order valence-corrected chi connectivity index (χ4v) is 3.10. The minimum Gasteiger partial charge on any atom is -0.481 e. The molecule has 0 bridgehead atoms. The molecule has 6 nitrogen and oxygen atoms in total. The summed E-state index contributed by atoms with van der Waals surface area (Å²) in [5, 5.41) is 16.2. The van der Waals surface area contributed by atoms with Crippen molar-refractivity contribution in [3.05, 3.63) is 18.0 Å². The van der Waals surface area contributed by atoms with Gasteiger partial charge in [0.1, 0.15) is 0 Å². The van der Waals surface area contributed by atoms with Crippen molar-refractivity contribution in [3.8, 4) is 0 Å². The fourth-order valence-electron chi connectivity index (χ4n) is 3.10. The number of nitrogens with zero attached hydrogens (tertiary/aromatic N) is 2. The summed E-state index contributed by atoms with van der Waals surface area (Å²) >= 11 is 0. The number of aromatic nitrogens is 2. The van der Waals surface area contributed by atoms with Crippen LogP contribution in [0.5, 0.6) is 0 Å². The van der Waals surface area contributed by atoms with E-state index in [9.17, 15) is 14.7 Å². The third-order valence-corrected chi connectivity index (χ3v) is 4.36. The molecule has 1 fully saturated rings. The van der Waals surface area contributed by atoms with E-state index in [1.807, 2.05) is 20.2 Å². The van der Waals surface area contributed by atoms with Gasteiger partial charge in [-0.15, -0.1) is 0 Å². The van der Waals surface area contributed by atoms with Gasteiger partial charge in [-0.3, -0.25) is 14.3 Å². The minimum absolute atomic E-state index is 0.123. The van der Waals surface area contributed by atoms with Crippen LogP contribution in [-0.2, 0) is 23.1 Å². The Kier molecular flexibility index (Phi) is 4.98. The smallest absolute Gasteiger partial charge is 0.307 e. The molecule has 2 N–H and O–H groups in total. The Labute approximate surface area is 124 Å². The molecule has 0 spiro atoms. The number of hydrogen-bond donors (Lipinski definition) is 2. The zero-order valence-corrected chi connectivity index (χ0v) is 12.6. The maximum atomic E-state index is 12.2. The van der Waals surface area contributed by atoms with Gasteiger partial charge in [0.15, 0.2) is 0 Å². The highest BCUT2D eigenvalue weighted by Gasteiger charge is 2.41. The van der Waals surface area contributed by atoms with Crippen molar-refractivity contribution in [2.75, 3.05) is 6.54 Å². The highest BCUT2D eigenvalue weighted by Crippen LogP contribution is 2.38. The van der Waals surface area contributed by atoms with Gasteiger partial charge in [0.05, 0.1) is 18.0 Å². The van der Waals surface area contributed by atoms with E-state index in [-0.39, 0.29) is 11.8 Å². The van der Waals surface area contributed by atoms with Gasteiger partial charge in [-0.25, -0.2) is 0 Å². The highest BCUT2D eigenvalue weighted by atomic mass is 16.4. The van der Waals surface area contributed by atoms with Crippen LogP contribution in [0.1, 0.15) is 31.7 Å². The zero-order valence-electron chi connectivity index (χ0n) is 12.6. The van der Waals surface area contributed by atoms with Gasteiger partial charge in [-0.2, -0.15) is 5.10 Å². The van der Waals surface area contributed by atoms with Gasteiger partial charge in [0.25, 0.3) is 0 Å². The Morgan fingerprint density at radius 1 is 1.43 bits per heavy atom. The summed E-state index contributed by atoms with van der Waals surface area (Å²) in [7, 11) is 1.85. The number of nitrogens with one attached hydrogen (secondary N) is 1. The first-order valence-electron chi connectivity index (χ1n) is 7.49. The molecule has 21 heavy (non-hydrogen) atoms. The van der Waals surface area contributed by atoms with Crippen molar-refractivity contribution in [2.45, 2.75) is 32.6 Å². The Balaban J connectivity index is 1.85. The van der Waals surface area contributed by atoms with Crippen LogP contribution in [0.4, 0.5) is 0 Å². The SMILES string of the molecule is CCC1C[C@H](C(=O)NCCc2cnn(C)c2)[C@H](C(=O)O)C1. The van der Waals surface area contributed by atoms with E-state index in [4.69, 9.17) is 0 Å². The summed E-state index contributed by atoms with van der Waals surface area (Å²) in [6.45, 7) is 2.57. The number of rotatable bonds is 6. The second-order valence-corrected chi connectivity index (χ2v) is 5.86. The van der Waals surface area contributed by atoms with Crippen LogP contribution in [0.3, 0.4) is 0 Å². The van der Waals surface area contributed by atoms with Crippen LogP contribution in [0.25, 0.3) is 0 Å². The molecule has 1 aromatic heterocycles. The van der Waals surface area contributed by atoms with Crippen LogP contribution in [-0.4, -0.2) is 33.3 Å². The molecule has 1 aromatic rings. The molecule has 6 heteroatoms. The molecule has 3 atom stereocenters. The van der Waals surface area contributed by atoms with E-state index >= 15 is 0 Å². The average Bonchev–Trinajstić information content (AvgIpc) is 3.04. The molecule has 1 heterocycles. The summed E-state index contributed by atoms with van der Waals surface area (Å²) in [4.78, 5) is 23.5. The minimum atomic E-state index is -0.849. The summed E-state index contributed by atoms with van der Waals surface area (Å²) in [5.74, 6) is -1.55. The molecular formula is C15H23N3O3. The van der Waals surface area contributed by atoms with Crippen LogP contribution >= 0.6 is 0 Å². The van der Waals surface area contributed by atoms with Crippen molar-refractivity contribution in [1.82, 2.24) is 15.1 Å². The molecule has 116 valence electrons. The van der Waals surface area contributed by atoms with Crippen LogP contribution in [0.2, 0.25) is 0 Å². The third-order valence-electron chi connectivity index (χ3n) is 4.36. The first-order valence-corrected chi connectivity index (χ1v) is 7.49. The Hall–Kier alpha value is -1.85. The van der Waals surface area contributed by atoms with Gasteiger partial charge >= 0.3 is 5.97 Å². The highest BCUT2D eigenvalue weighted by molar-refractivity contribution is 5.85. The van der Waals surface area contributed by atoms with Gasteiger partial charge in [0, 0.05) is 19.8 Å². The second kappa shape index (κ2) is 6.74. The summed E-state index contributed by atoms with van der Waals surface area (Å²) in [6.07, 6.45) is 6.63. The lowest BCUT2D eigenvalue weighted by atomic mass is 9.95. The van der Waals surface area contributed by atoms with E-state index in [0.717, 1.165) is 12.0 Å². The monoisotopic (exact) mass is 293 g/mol. The predicted molar refractivity (Wildman–Crippen MR) is 77.6 cm³/mol. The number of carboxylic acid groups (broad SMARTS) is 1. The molecule has 1 aliphatic rings. The number of aliphatic carboxylic acids is 1. The third kappa shape index (κ3) is 3.83. The number of carbonyl (C=O) groups excluding carboxylic acids is 1. The van der Waals surface area contributed by atoms with Crippen LogP contribution < -0.4 is 5.32 Å². The van der Waals surface area contributed by atoms with E-state index < -0.39 is 11.9 Å². The summed E-state index contributed by atoms with van der Waals surface area (Å²) < 4.78 is 1.72. The first-order chi connectivity index (χ1) is 10.0. The predicted octanol–water partition coefficient (Wildman–Crippen LogP) is 1.22. The Bertz CT molecular complexity index is 512. The molecule has 0 aromatic carbocycles. The van der Waals surface area contributed by atoms with Crippen molar-refractivity contribution < 1.29 is 14.7 Å². The van der Waals surface area contributed by atoms with E-state index in [0.29, 0.717) is 31.7 Å². The fraction of sp³-hybridized carbons (Fsp3) is 0.667. The van der Waals surface area contributed by atoms with Crippen molar-refractivity contribution in [3.63, 3.8) is 0 Å². The molecule has 0 radical (unpaired) electrons. The lowest BCUT2D eigenvalue weighted by molar-refractivity contribution is -0.146. The molecule has 0 saturated heterocycles. The van der Waals surface area contributed by atoms with Crippen LogP contribution in [0, 0.1) is 17.8 Å². The van der Waals surface area contributed by atoms with Crippen molar-refractivity contribution >= 4 is 11.9 Å². The zero-order chi connectivity index (χ0) is 15.4. The molecule has 2 rings (SSSR count). The molecule has 1 unspecified atom stereocenters. The molecule has 1 amide bonds.